The zero-order valence-electron chi connectivity index (χ0n) is 5.39. The van der Waals surface area contributed by atoms with Crippen molar-refractivity contribution in [3.8, 4) is 0 Å². The fourth-order valence-corrected chi connectivity index (χ4v) is 0.365. The van der Waals surface area contributed by atoms with Crippen molar-refractivity contribution in [2.24, 2.45) is 5.41 Å². The molecule has 0 heterocycles. The maximum Gasteiger partial charge on any atom is 2.00 e. The fraction of sp³-hybridized carbons (Fsp3) is 0.500. The van der Waals surface area contributed by atoms with E-state index in [2.05, 4.69) is 6.92 Å². The number of aliphatic carboxylic acids is 1. The van der Waals surface area contributed by atoms with Gasteiger partial charge in [-0.25, -0.2) is 0 Å². The minimum absolute atomic E-state index is 0. The van der Waals surface area contributed by atoms with Gasteiger partial charge in [-0.3, -0.25) is 4.79 Å². The van der Waals surface area contributed by atoms with E-state index in [1.165, 1.54) is 0 Å². The summed E-state index contributed by atoms with van der Waals surface area (Å²) < 4.78 is 0. The number of rotatable bonds is 1. The average molecular weight is 298 g/mol. The van der Waals surface area contributed by atoms with Crippen molar-refractivity contribution in [1.29, 1.82) is 0 Å². The van der Waals surface area contributed by atoms with Gasteiger partial charge in [-0.05, 0) is 0 Å². The summed E-state index contributed by atoms with van der Waals surface area (Å²) in [6.07, 6.45) is 1.50. The molecule has 0 aromatic heterocycles. The van der Waals surface area contributed by atoms with Crippen molar-refractivity contribution in [2.75, 3.05) is 0 Å². The normalized spacial score (nSPS) is 18.8. The molecule has 0 atom stereocenters. The number of carbonyl (C=O) groups is 1. The SMILES string of the molecule is [CH2-]C1(C(=O)O)CC1.[CH3-].[W+2]. The molecule has 3 heteroatoms. The molecule has 52 valence electrons. The molecule has 0 spiro atoms. The van der Waals surface area contributed by atoms with E-state index in [-0.39, 0.29) is 28.5 Å². The average Bonchev–Trinajstić information content (AvgIpc) is 2.21. The summed E-state index contributed by atoms with van der Waals surface area (Å²) in [5.41, 5.74) is -0.583. The third-order valence-electron chi connectivity index (χ3n) is 1.31. The van der Waals surface area contributed by atoms with Crippen LogP contribution in [0.25, 0.3) is 0 Å². The van der Waals surface area contributed by atoms with Crippen LogP contribution in [-0.4, -0.2) is 11.1 Å². The van der Waals surface area contributed by atoms with Crippen molar-refractivity contribution in [2.45, 2.75) is 12.8 Å². The predicted molar refractivity (Wildman–Crippen MR) is 31.1 cm³/mol. The van der Waals surface area contributed by atoms with Gasteiger partial charge in [-0.2, -0.15) is 0 Å². The molecule has 2 nitrogen and oxygen atoms in total. The molecule has 0 unspecified atom stereocenters. The zero-order chi connectivity index (χ0) is 5.49. The van der Waals surface area contributed by atoms with E-state index in [0.717, 1.165) is 12.8 Å². The minimum atomic E-state index is -0.757. The molecule has 1 aliphatic carbocycles. The first kappa shape index (κ1) is 11.9. The van der Waals surface area contributed by atoms with Gasteiger partial charge in [0.25, 0.3) is 5.97 Å². The van der Waals surface area contributed by atoms with E-state index < -0.39 is 11.4 Å². The van der Waals surface area contributed by atoms with E-state index in [9.17, 15) is 4.79 Å². The molecule has 1 rings (SSSR count). The summed E-state index contributed by atoms with van der Waals surface area (Å²) in [7, 11) is 0. The quantitative estimate of drug-likeness (QED) is 0.737. The van der Waals surface area contributed by atoms with E-state index in [0.29, 0.717) is 0 Å². The van der Waals surface area contributed by atoms with Gasteiger partial charge < -0.3 is 19.5 Å². The molecule has 1 N–H and O–H groups in total. The summed E-state index contributed by atoms with van der Waals surface area (Å²) in [6.45, 7) is 3.48. The van der Waals surface area contributed by atoms with E-state index >= 15 is 0 Å². The molecule has 0 bridgehead atoms. The predicted octanol–water partition coefficient (Wildman–Crippen LogP) is 1.13. The molecule has 9 heavy (non-hydrogen) atoms. The Balaban J connectivity index is 0. The third-order valence-corrected chi connectivity index (χ3v) is 1.31. The van der Waals surface area contributed by atoms with Gasteiger partial charge in [0.15, 0.2) is 0 Å². The van der Waals surface area contributed by atoms with Gasteiger partial charge in [0, 0.05) is 0 Å². The van der Waals surface area contributed by atoms with E-state index in [1.807, 2.05) is 0 Å². The second-order valence-corrected chi connectivity index (χ2v) is 2.09. The van der Waals surface area contributed by atoms with Crippen molar-refractivity contribution < 1.29 is 31.0 Å². The second kappa shape index (κ2) is 3.36. The van der Waals surface area contributed by atoms with Gasteiger partial charge in [0.1, 0.15) is 0 Å². The van der Waals surface area contributed by atoms with Crippen molar-refractivity contribution in [3.05, 3.63) is 14.4 Å². The Morgan fingerprint density at radius 1 is 1.56 bits per heavy atom. The van der Waals surface area contributed by atoms with E-state index in [1.54, 1.807) is 0 Å². The molecular weight excluding hydrogens is 288 g/mol. The molecule has 0 aromatic carbocycles. The first-order chi connectivity index (χ1) is 3.15. The second-order valence-electron chi connectivity index (χ2n) is 2.09. The fourth-order valence-electron chi connectivity index (χ4n) is 0.365. The van der Waals surface area contributed by atoms with Gasteiger partial charge in [0.05, 0.1) is 0 Å². The first-order valence-corrected chi connectivity index (χ1v) is 2.24. The summed E-state index contributed by atoms with van der Waals surface area (Å²) >= 11 is 0. The van der Waals surface area contributed by atoms with Crippen molar-refractivity contribution >= 4 is 5.97 Å². The van der Waals surface area contributed by atoms with Crippen LogP contribution in [0.4, 0.5) is 0 Å². The Bertz CT molecular complexity index is 108. The van der Waals surface area contributed by atoms with Crippen molar-refractivity contribution in [1.82, 2.24) is 0 Å². The summed E-state index contributed by atoms with van der Waals surface area (Å²) in [4.78, 5) is 10.0. The minimum Gasteiger partial charge on any atom is -0.483 e. The van der Waals surface area contributed by atoms with Crippen LogP contribution in [0.15, 0.2) is 0 Å². The van der Waals surface area contributed by atoms with Crippen LogP contribution in [0.3, 0.4) is 0 Å². The third kappa shape index (κ3) is 2.49. The Morgan fingerprint density at radius 3 is 1.89 bits per heavy atom. The molecule has 0 radical (unpaired) electrons. The topological polar surface area (TPSA) is 37.3 Å². The smallest absolute Gasteiger partial charge is 0.483 e. The largest absolute Gasteiger partial charge is 2.00 e. The molecular formula is C6H10O2W. The zero-order valence-corrected chi connectivity index (χ0v) is 8.32. The van der Waals surface area contributed by atoms with Crippen LogP contribution in [-0.2, 0) is 25.9 Å². The number of carboxylic acid groups (broad SMARTS) is 1. The van der Waals surface area contributed by atoms with Gasteiger partial charge in [-0.15, -0.1) is 0 Å². The first-order valence-electron chi connectivity index (χ1n) is 2.24. The molecule has 0 saturated heterocycles. The van der Waals surface area contributed by atoms with E-state index in [4.69, 9.17) is 5.11 Å². The molecule has 1 aliphatic rings. The Labute approximate surface area is 69.9 Å². The Hall–Kier alpha value is 0.158. The molecule has 0 aliphatic heterocycles. The standard InChI is InChI=1S/C5H7O2.CH3.W/c1-5(2-3-5)4(6)7;;/h1-3H2,(H,6,7);1H3;/q2*-1;+2. The molecule has 1 fully saturated rings. The van der Waals surface area contributed by atoms with Crippen LogP contribution in [0.1, 0.15) is 12.8 Å². The Morgan fingerprint density at radius 2 is 1.89 bits per heavy atom. The van der Waals surface area contributed by atoms with Crippen LogP contribution < -0.4 is 0 Å². The van der Waals surface area contributed by atoms with Crippen LogP contribution in [0.5, 0.6) is 0 Å². The maximum atomic E-state index is 10.0. The van der Waals surface area contributed by atoms with Gasteiger partial charge in [-0.1, -0.05) is 18.3 Å². The number of hydrogen-bond donors (Lipinski definition) is 1. The van der Waals surface area contributed by atoms with Gasteiger partial charge >= 0.3 is 21.1 Å². The summed E-state index contributed by atoms with van der Waals surface area (Å²) in [5.74, 6) is -0.757. The van der Waals surface area contributed by atoms with Crippen molar-refractivity contribution in [3.63, 3.8) is 0 Å². The Kier molecular flexibility index (Phi) is 4.44. The maximum absolute atomic E-state index is 10.0. The summed E-state index contributed by atoms with van der Waals surface area (Å²) in [6, 6.07) is 0. The molecule has 1 saturated carbocycles. The number of carboxylic acids is 1. The molecule has 0 amide bonds. The summed E-state index contributed by atoms with van der Waals surface area (Å²) in [5, 5.41) is 8.25. The monoisotopic (exact) mass is 298 g/mol. The van der Waals surface area contributed by atoms with Crippen LogP contribution in [0, 0.1) is 19.8 Å². The molecule has 0 aromatic rings. The van der Waals surface area contributed by atoms with Gasteiger partial charge in [0.2, 0.25) is 0 Å². The van der Waals surface area contributed by atoms with Crippen LogP contribution in [0.2, 0.25) is 0 Å². The number of hydrogen-bond acceptors (Lipinski definition) is 1. The van der Waals surface area contributed by atoms with Crippen LogP contribution >= 0.6 is 0 Å².